The van der Waals surface area contributed by atoms with Crippen LogP contribution in [0.2, 0.25) is 0 Å². The molecule has 1 aliphatic carbocycles. The molecule has 0 amide bonds. The van der Waals surface area contributed by atoms with E-state index in [0.29, 0.717) is 5.75 Å². The minimum Gasteiger partial charge on any atom is -0.494 e. The maximum Gasteiger partial charge on any atom is 0.314 e. The number of hydrogen-bond acceptors (Lipinski definition) is 3. The van der Waals surface area contributed by atoms with E-state index in [1.54, 1.807) is 0 Å². The van der Waals surface area contributed by atoms with Crippen molar-refractivity contribution in [3.63, 3.8) is 0 Å². The molecule has 134 valence electrons. The Labute approximate surface area is 146 Å². The first-order valence-corrected chi connectivity index (χ1v) is 9.67. The minimum absolute atomic E-state index is 0.0680. The summed E-state index contributed by atoms with van der Waals surface area (Å²) in [6, 6.07) is 7.42. The lowest BCUT2D eigenvalue weighted by molar-refractivity contribution is -0.140. The summed E-state index contributed by atoms with van der Waals surface area (Å²) in [5.74, 6) is 2.27. The highest BCUT2D eigenvalue weighted by Crippen LogP contribution is 2.32. The SMILES string of the molecule is CCCCCOc1ccc(OC(=O)C2CCC(CCC)CC2)cc1. The zero-order valence-electron chi connectivity index (χ0n) is 15.3. The molecule has 1 fully saturated rings. The molecule has 0 bridgehead atoms. The summed E-state index contributed by atoms with van der Waals surface area (Å²) >= 11 is 0. The average Bonchev–Trinajstić information content (AvgIpc) is 2.61. The van der Waals surface area contributed by atoms with Crippen molar-refractivity contribution in [3.05, 3.63) is 24.3 Å². The van der Waals surface area contributed by atoms with Crippen LogP contribution in [0.3, 0.4) is 0 Å². The lowest BCUT2D eigenvalue weighted by Gasteiger charge is -2.26. The van der Waals surface area contributed by atoms with Crippen LogP contribution in [0.1, 0.15) is 71.6 Å². The quantitative estimate of drug-likeness (QED) is 0.327. The average molecular weight is 332 g/mol. The van der Waals surface area contributed by atoms with E-state index >= 15 is 0 Å². The van der Waals surface area contributed by atoms with Crippen LogP contribution in [0.5, 0.6) is 11.5 Å². The van der Waals surface area contributed by atoms with E-state index in [-0.39, 0.29) is 11.9 Å². The number of carbonyl (C=O) groups excluding carboxylic acids is 1. The highest BCUT2D eigenvalue weighted by Gasteiger charge is 2.27. The third-order valence-corrected chi connectivity index (χ3v) is 4.94. The number of benzene rings is 1. The maximum atomic E-state index is 12.3. The van der Waals surface area contributed by atoms with Crippen molar-refractivity contribution in [3.8, 4) is 11.5 Å². The van der Waals surface area contributed by atoms with Gasteiger partial charge in [0, 0.05) is 0 Å². The number of unbranched alkanes of at least 4 members (excludes halogenated alkanes) is 2. The first-order chi connectivity index (χ1) is 11.7. The Morgan fingerprint density at radius 3 is 2.25 bits per heavy atom. The van der Waals surface area contributed by atoms with Gasteiger partial charge in [-0.15, -0.1) is 0 Å². The van der Waals surface area contributed by atoms with Gasteiger partial charge >= 0.3 is 5.97 Å². The van der Waals surface area contributed by atoms with Gasteiger partial charge in [0.05, 0.1) is 12.5 Å². The monoisotopic (exact) mass is 332 g/mol. The molecule has 1 aliphatic rings. The molecule has 0 spiro atoms. The number of carbonyl (C=O) groups is 1. The number of hydrogen-bond donors (Lipinski definition) is 0. The number of rotatable bonds is 9. The van der Waals surface area contributed by atoms with Crippen LogP contribution in [0.25, 0.3) is 0 Å². The van der Waals surface area contributed by atoms with Crippen LogP contribution < -0.4 is 9.47 Å². The normalized spacial score (nSPS) is 20.6. The van der Waals surface area contributed by atoms with E-state index < -0.39 is 0 Å². The third-order valence-electron chi connectivity index (χ3n) is 4.94. The fraction of sp³-hybridized carbons (Fsp3) is 0.667. The van der Waals surface area contributed by atoms with Crippen molar-refractivity contribution in [2.24, 2.45) is 11.8 Å². The number of ether oxygens (including phenoxy) is 2. The first kappa shape index (κ1) is 18.8. The van der Waals surface area contributed by atoms with Crippen molar-refractivity contribution in [1.82, 2.24) is 0 Å². The van der Waals surface area contributed by atoms with E-state index in [1.165, 1.54) is 25.7 Å². The molecule has 0 saturated heterocycles. The van der Waals surface area contributed by atoms with E-state index in [9.17, 15) is 4.79 Å². The molecule has 1 saturated carbocycles. The molecule has 0 unspecified atom stereocenters. The van der Waals surface area contributed by atoms with Gasteiger partial charge in [0.2, 0.25) is 0 Å². The molecule has 0 heterocycles. The van der Waals surface area contributed by atoms with E-state index in [4.69, 9.17) is 9.47 Å². The van der Waals surface area contributed by atoms with Gasteiger partial charge in [0.25, 0.3) is 0 Å². The van der Waals surface area contributed by atoms with Crippen LogP contribution in [0, 0.1) is 11.8 Å². The Morgan fingerprint density at radius 2 is 1.62 bits per heavy atom. The summed E-state index contributed by atoms with van der Waals surface area (Å²) < 4.78 is 11.2. The zero-order valence-corrected chi connectivity index (χ0v) is 15.3. The molecule has 2 rings (SSSR count). The Kier molecular flexibility index (Phi) is 8.14. The third kappa shape index (κ3) is 6.18. The van der Waals surface area contributed by atoms with Crippen LogP contribution >= 0.6 is 0 Å². The van der Waals surface area contributed by atoms with Gasteiger partial charge < -0.3 is 9.47 Å². The molecule has 0 atom stereocenters. The fourth-order valence-corrected chi connectivity index (χ4v) is 3.44. The fourth-order valence-electron chi connectivity index (χ4n) is 3.44. The molecule has 3 nitrogen and oxygen atoms in total. The zero-order chi connectivity index (χ0) is 17.2. The Hall–Kier alpha value is -1.51. The first-order valence-electron chi connectivity index (χ1n) is 9.67. The second kappa shape index (κ2) is 10.4. The predicted octanol–water partition coefficient (Wildman–Crippen LogP) is 5.77. The highest BCUT2D eigenvalue weighted by atomic mass is 16.5. The van der Waals surface area contributed by atoms with Gasteiger partial charge in [-0.05, 0) is 62.3 Å². The maximum absolute atomic E-state index is 12.3. The largest absolute Gasteiger partial charge is 0.494 e. The summed E-state index contributed by atoms with van der Waals surface area (Å²) in [6.45, 7) is 5.16. The van der Waals surface area contributed by atoms with Gasteiger partial charge in [-0.25, -0.2) is 0 Å². The van der Waals surface area contributed by atoms with Crippen molar-refractivity contribution >= 4 is 5.97 Å². The molecule has 1 aromatic rings. The summed E-state index contributed by atoms with van der Waals surface area (Å²) in [7, 11) is 0. The van der Waals surface area contributed by atoms with E-state index in [0.717, 1.165) is 50.4 Å². The number of esters is 1. The molecule has 0 radical (unpaired) electrons. The van der Waals surface area contributed by atoms with Crippen LogP contribution in [0.15, 0.2) is 24.3 Å². The lowest BCUT2D eigenvalue weighted by atomic mass is 9.80. The summed E-state index contributed by atoms with van der Waals surface area (Å²) in [5.41, 5.74) is 0. The second-order valence-electron chi connectivity index (χ2n) is 6.95. The minimum atomic E-state index is -0.0680. The lowest BCUT2D eigenvalue weighted by Crippen LogP contribution is -2.25. The van der Waals surface area contributed by atoms with Crippen LogP contribution in [-0.4, -0.2) is 12.6 Å². The van der Waals surface area contributed by atoms with Gasteiger partial charge in [-0.3, -0.25) is 4.79 Å². The molecule has 0 N–H and O–H groups in total. The Bertz CT molecular complexity index is 472. The molecular weight excluding hydrogens is 300 g/mol. The van der Waals surface area contributed by atoms with E-state index in [2.05, 4.69) is 13.8 Å². The van der Waals surface area contributed by atoms with Gasteiger partial charge in [0.1, 0.15) is 11.5 Å². The highest BCUT2D eigenvalue weighted by molar-refractivity contribution is 5.75. The van der Waals surface area contributed by atoms with Crippen LogP contribution in [0.4, 0.5) is 0 Å². The Balaban J connectivity index is 1.74. The molecule has 3 heteroatoms. The van der Waals surface area contributed by atoms with Gasteiger partial charge in [-0.1, -0.05) is 39.5 Å². The predicted molar refractivity (Wildman–Crippen MR) is 97.5 cm³/mol. The van der Waals surface area contributed by atoms with Crippen molar-refractivity contribution in [2.75, 3.05) is 6.61 Å². The molecule has 0 aromatic heterocycles. The smallest absolute Gasteiger partial charge is 0.314 e. The Morgan fingerprint density at radius 1 is 0.958 bits per heavy atom. The summed E-state index contributed by atoms with van der Waals surface area (Å²) in [5, 5.41) is 0. The van der Waals surface area contributed by atoms with Crippen molar-refractivity contribution in [1.29, 1.82) is 0 Å². The van der Waals surface area contributed by atoms with Crippen LogP contribution in [-0.2, 0) is 4.79 Å². The van der Waals surface area contributed by atoms with E-state index in [1.807, 2.05) is 24.3 Å². The summed E-state index contributed by atoms with van der Waals surface area (Å²) in [4.78, 5) is 12.3. The van der Waals surface area contributed by atoms with Crippen molar-refractivity contribution < 1.29 is 14.3 Å². The molecule has 24 heavy (non-hydrogen) atoms. The van der Waals surface area contributed by atoms with Crippen molar-refractivity contribution in [2.45, 2.75) is 71.6 Å². The topological polar surface area (TPSA) is 35.5 Å². The second-order valence-corrected chi connectivity index (χ2v) is 6.95. The molecule has 1 aromatic carbocycles. The summed E-state index contributed by atoms with van der Waals surface area (Å²) in [6.07, 6.45) is 10.3. The molecular formula is C21H32O3. The standard InChI is InChI=1S/C21H32O3/c1-3-5-6-16-23-19-12-14-20(15-13-19)24-21(22)18-10-8-17(7-4-2)9-11-18/h12-15,17-18H,3-11,16H2,1-2H3. The molecule has 0 aliphatic heterocycles. The van der Waals surface area contributed by atoms with Gasteiger partial charge in [-0.2, -0.15) is 0 Å². The van der Waals surface area contributed by atoms with Gasteiger partial charge in [0.15, 0.2) is 0 Å².